The number of nitrogens with zero attached hydrogens (tertiary/aromatic N) is 5. The molecule has 0 N–H and O–H groups in total. The van der Waals surface area contributed by atoms with Gasteiger partial charge in [0.05, 0.1) is 23.0 Å². The molecule has 2 unspecified atom stereocenters. The molecule has 244 valence electrons. The van der Waals surface area contributed by atoms with Crippen LogP contribution < -0.4 is 10.4 Å². The monoisotopic (exact) mass is 665 g/mol. The number of aromatic nitrogens is 2. The fourth-order valence-corrected chi connectivity index (χ4v) is 8.40. The van der Waals surface area contributed by atoms with Crippen LogP contribution in [0.4, 0.5) is 0 Å². The molecule has 2 atom stereocenters. The summed E-state index contributed by atoms with van der Waals surface area (Å²) < 4.78 is 35.4. The zero-order valence-corrected chi connectivity index (χ0v) is 27.8. The molecule has 1 aromatic heterocycles. The molecule has 0 radical (unpaired) electrons. The minimum atomic E-state index is -4.36. The van der Waals surface area contributed by atoms with Crippen LogP contribution in [0.15, 0.2) is 82.5 Å². The third kappa shape index (κ3) is 6.21. The molecule has 0 saturated carbocycles. The molecule has 4 aromatic rings. The summed E-state index contributed by atoms with van der Waals surface area (Å²) in [6.45, 7) is 8.37. The second-order valence-corrected chi connectivity index (χ2v) is 14.2. The maximum atomic E-state index is 14.7. The molecule has 6 rings (SSSR count). The van der Waals surface area contributed by atoms with Crippen molar-refractivity contribution in [1.29, 1.82) is 0 Å². The number of halogens is 1. The highest BCUT2D eigenvalue weighted by atomic mass is 35.5. The molecule has 46 heavy (non-hydrogen) atoms. The Morgan fingerprint density at radius 3 is 2.35 bits per heavy atom. The van der Waals surface area contributed by atoms with Gasteiger partial charge in [-0.1, -0.05) is 48.9 Å². The highest BCUT2D eigenvalue weighted by Crippen LogP contribution is 2.30. The number of piperazine rings is 1. The Hall–Kier alpha value is -3.64. The van der Waals surface area contributed by atoms with E-state index in [0.717, 1.165) is 56.0 Å². The largest absolute Gasteiger partial charge is 0.497 e. The van der Waals surface area contributed by atoms with Crippen molar-refractivity contribution < 1.29 is 17.9 Å². The molecular formula is C34H40ClN5O5S. The minimum absolute atomic E-state index is 0.0788. The first kappa shape index (κ1) is 32.3. The molecule has 2 aliphatic rings. The molecule has 3 heterocycles. The van der Waals surface area contributed by atoms with E-state index in [1.165, 1.54) is 42.0 Å². The van der Waals surface area contributed by atoms with Crippen LogP contribution in [0.25, 0.3) is 11.0 Å². The van der Waals surface area contributed by atoms with Gasteiger partial charge in [0.1, 0.15) is 11.8 Å². The molecule has 3 aromatic carbocycles. The van der Waals surface area contributed by atoms with Gasteiger partial charge in [0.2, 0.25) is 0 Å². The first-order chi connectivity index (χ1) is 22.2. The fraction of sp³-hybridized carbons (Fsp3) is 0.412. The number of ether oxygens (including phenoxy) is 1. The third-order valence-electron chi connectivity index (χ3n) is 9.17. The highest BCUT2D eigenvalue weighted by Gasteiger charge is 2.37. The van der Waals surface area contributed by atoms with Crippen molar-refractivity contribution in [3.8, 4) is 5.75 Å². The number of benzene rings is 3. The van der Waals surface area contributed by atoms with Gasteiger partial charge >= 0.3 is 5.69 Å². The number of amides is 1. The van der Waals surface area contributed by atoms with Crippen LogP contribution >= 0.6 is 11.6 Å². The lowest BCUT2D eigenvalue weighted by Gasteiger charge is -2.44. The van der Waals surface area contributed by atoms with E-state index in [1.54, 1.807) is 24.3 Å². The Kier molecular flexibility index (Phi) is 9.56. The number of hydrogen-bond donors (Lipinski definition) is 0. The molecule has 10 nitrogen and oxygen atoms in total. The summed E-state index contributed by atoms with van der Waals surface area (Å²) >= 11 is 6.44. The smallest absolute Gasteiger partial charge is 0.344 e. The normalized spacial score (nSPS) is 18.9. The molecule has 2 saturated heterocycles. The maximum absolute atomic E-state index is 14.7. The van der Waals surface area contributed by atoms with Gasteiger partial charge in [0, 0.05) is 50.3 Å². The van der Waals surface area contributed by atoms with Gasteiger partial charge in [-0.25, -0.2) is 13.2 Å². The zero-order valence-electron chi connectivity index (χ0n) is 26.2. The summed E-state index contributed by atoms with van der Waals surface area (Å²) in [7, 11) is -2.87. The number of hydrogen-bond acceptors (Lipinski definition) is 7. The van der Waals surface area contributed by atoms with Crippen molar-refractivity contribution >= 4 is 38.6 Å². The number of rotatable bonds is 9. The van der Waals surface area contributed by atoms with Gasteiger partial charge in [-0.2, -0.15) is 3.97 Å². The van der Waals surface area contributed by atoms with Crippen LogP contribution in [0.2, 0.25) is 5.02 Å². The number of carbonyl (C=O) groups excluding carboxylic acids is 1. The lowest BCUT2D eigenvalue weighted by Crippen LogP contribution is -2.56. The zero-order chi connectivity index (χ0) is 32.4. The highest BCUT2D eigenvalue weighted by molar-refractivity contribution is 7.90. The summed E-state index contributed by atoms with van der Waals surface area (Å²) in [5, 5.41) is 0.319. The van der Waals surface area contributed by atoms with Crippen molar-refractivity contribution in [2.75, 3.05) is 52.9 Å². The van der Waals surface area contributed by atoms with Crippen molar-refractivity contribution in [1.82, 2.24) is 23.2 Å². The van der Waals surface area contributed by atoms with Crippen LogP contribution in [0, 0.1) is 0 Å². The Morgan fingerprint density at radius 1 is 0.957 bits per heavy atom. The van der Waals surface area contributed by atoms with E-state index in [2.05, 4.69) is 16.7 Å². The fourth-order valence-electron chi connectivity index (χ4n) is 6.83. The molecule has 12 heteroatoms. The number of likely N-dealkylation sites (tertiary alicyclic amines) is 1. The molecule has 0 aliphatic carbocycles. The maximum Gasteiger partial charge on any atom is 0.344 e. The summed E-state index contributed by atoms with van der Waals surface area (Å²) in [6.07, 6.45) is 2.99. The summed E-state index contributed by atoms with van der Waals surface area (Å²) in [5.74, 6) is 0.237. The Labute approximate surface area is 274 Å². The van der Waals surface area contributed by atoms with Crippen molar-refractivity contribution in [3.63, 3.8) is 0 Å². The second-order valence-electron chi connectivity index (χ2n) is 12.0. The average Bonchev–Trinajstić information content (AvgIpc) is 3.37. The van der Waals surface area contributed by atoms with Gasteiger partial charge in [0.15, 0.2) is 0 Å². The Bertz CT molecular complexity index is 1850. The van der Waals surface area contributed by atoms with Crippen LogP contribution in [-0.4, -0.2) is 96.5 Å². The van der Waals surface area contributed by atoms with Crippen LogP contribution in [0.1, 0.15) is 37.8 Å². The van der Waals surface area contributed by atoms with Crippen molar-refractivity contribution in [3.05, 3.63) is 93.9 Å². The van der Waals surface area contributed by atoms with Gasteiger partial charge in [-0.15, -0.1) is 0 Å². The van der Waals surface area contributed by atoms with E-state index in [1.807, 2.05) is 23.1 Å². The van der Waals surface area contributed by atoms with Gasteiger partial charge < -0.3 is 14.5 Å². The topological polar surface area (TPSA) is 97.1 Å². The lowest BCUT2D eigenvalue weighted by atomic mass is 9.99. The summed E-state index contributed by atoms with van der Waals surface area (Å²) in [4.78, 5) is 35.9. The number of methoxy groups -OCH3 is 1. The number of fused-ring (bicyclic) bond motifs is 1. The van der Waals surface area contributed by atoms with Gasteiger partial charge in [-0.05, 0) is 73.8 Å². The molecular weight excluding hydrogens is 626 g/mol. The molecule has 2 fully saturated rings. The van der Waals surface area contributed by atoms with Gasteiger partial charge in [0.25, 0.3) is 15.9 Å². The number of imidazole rings is 1. The first-order valence-electron chi connectivity index (χ1n) is 15.8. The molecule has 1 amide bonds. The number of piperidine rings is 1. The van der Waals surface area contributed by atoms with E-state index >= 15 is 0 Å². The van der Waals surface area contributed by atoms with Crippen LogP contribution in [0.5, 0.6) is 5.75 Å². The minimum Gasteiger partial charge on any atom is -0.497 e. The molecule has 2 aliphatic heterocycles. The van der Waals surface area contributed by atoms with E-state index in [9.17, 15) is 18.0 Å². The van der Waals surface area contributed by atoms with E-state index in [4.69, 9.17) is 16.3 Å². The average molecular weight is 666 g/mol. The van der Waals surface area contributed by atoms with Crippen LogP contribution in [-0.2, 0) is 14.8 Å². The van der Waals surface area contributed by atoms with E-state index in [-0.39, 0.29) is 27.9 Å². The predicted molar refractivity (Wildman–Crippen MR) is 179 cm³/mol. The molecule has 0 spiro atoms. The predicted octanol–water partition coefficient (Wildman–Crippen LogP) is 4.31. The number of carbonyl (C=O) groups is 1. The van der Waals surface area contributed by atoms with E-state index in [0.29, 0.717) is 29.4 Å². The third-order valence-corrected chi connectivity index (χ3v) is 11.1. The summed E-state index contributed by atoms with van der Waals surface area (Å²) in [6, 6.07) is 18.7. The Morgan fingerprint density at radius 2 is 1.67 bits per heavy atom. The standard InChI is InChI=1S/C34H40ClN5O5S/c1-3-17-36-19-21-37(22-20-36)27-10-7-18-38(24-27)33(41)32(25-8-5-4-6-9-25)39-31-23-26(35)11-16-30(31)40(34(39)42)46(43,44)29-14-12-28(45-2)13-15-29/h4-6,8-9,11-16,23,27,32H,3,7,10,17-22,24H2,1-2H3. The van der Waals surface area contributed by atoms with Gasteiger partial charge in [-0.3, -0.25) is 14.3 Å². The van der Waals surface area contributed by atoms with Crippen LogP contribution in [0.3, 0.4) is 0 Å². The van der Waals surface area contributed by atoms with E-state index < -0.39 is 21.8 Å². The SMILES string of the molecule is CCCN1CCN(C2CCCN(C(=O)C(c3ccccc3)n3c(=O)n(S(=O)(=O)c4ccc(OC)cc4)c4ccc(Cl)cc43)C2)CC1. The van der Waals surface area contributed by atoms with Crippen molar-refractivity contribution in [2.24, 2.45) is 0 Å². The first-order valence-corrected chi connectivity index (χ1v) is 17.7. The summed E-state index contributed by atoms with van der Waals surface area (Å²) in [5.41, 5.74) is 0.152. The second kappa shape index (κ2) is 13.6. The quantitative estimate of drug-likeness (QED) is 0.263. The van der Waals surface area contributed by atoms with Crippen molar-refractivity contribution in [2.45, 2.75) is 43.2 Å². The lowest BCUT2D eigenvalue weighted by molar-refractivity contribution is -0.136. The Balaban J connectivity index is 1.42. The molecule has 0 bridgehead atoms.